The highest BCUT2D eigenvalue weighted by molar-refractivity contribution is 7.85. The molecule has 0 aliphatic heterocycles. The number of aryl methyl sites for hydroxylation is 3. The SMILES string of the molecule is Cc1ccc(S(=O)(=O)[O-])cc1.Cc1nc(-c2cc[n+](C)cc2)oc1-c1ccccc1. The third-order valence-electron chi connectivity index (χ3n) is 4.37. The maximum Gasteiger partial charge on any atom is 0.227 e. The van der Waals surface area contributed by atoms with Gasteiger partial charge in [0.1, 0.15) is 17.2 Å². The summed E-state index contributed by atoms with van der Waals surface area (Å²) in [6.45, 7) is 3.79. The maximum absolute atomic E-state index is 10.4. The van der Waals surface area contributed by atoms with Crippen molar-refractivity contribution in [1.82, 2.24) is 4.98 Å². The second kappa shape index (κ2) is 9.02. The first kappa shape index (κ1) is 21.4. The average Bonchev–Trinajstić information content (AvgIpc) is 3.11. The Hall–Kier alpha value is -3.29. The molecule has 154 valence electrons. The Labute approximate surface area is 176 Å². The Balaban J connectivity index is 0.000000199. The molecule has 0 aliphatic rings. The minimum Gasteiger partial charge on any atom is -0.744 e. The number of benzene rings is 2. The van der Waals surface area contributed by atoms with E-state index in [-0.39, 0.29) is 4.90 Å². The van der Waals surface area contributed by atoms with Crippen LogP contribution in [0.3, 0.4) is 0 Å². The van der Waals surface area contributed by atoms with Crippen molar-refractivity contribution in [3.8, 4) is 22.8 Å². The molecule has 0 saturated carbocycles. The zero-order chi connectivity index (χ0) is 21.7. The molecular formula is C23H22N2O4S. The fourth-order valence-electron chi connectivity index (χ4n) is 2.73. The summed E-state index contributed by atoms with van der Waals surface area (Å²) < 4.78 is 39.1. The standard InChI is InChI=1S/C16H15N2O.C7H8O3S/c1-12-15(13-6-4-3-5-7-13)19-16(17-12)14-8-10-18(2)11-9-14;1-6-2-4-7(5-3-6)11(8,9)10/h3-11H,1-2H3;2-5H,1H3,(H,8,9,10)/q+1;/p-1. The van der Waals surface area contributed by atoms with Gasteiger partial charge in [0.2, 0.25) is 5.89 Å². The fraction of sp³-hybridized carbons (Fsp3) is 0.130. The molecule has 2 aromatic carbocycles. The van der Waals surface area contributed by atoms with Gasteiger partial charge in [0, 0.05) is 23.3 Å². The average molecular weight is 423 g/mol. The van der Waals surface area contributed by atoms with Crippen LogP contribution in [-0.4, -0.2) is 18.0 Å². The van der Waals surface area contributed by atoms with Gasteiger partial charge in [-0.1, -0.05) is 48.0 Å². The van der Waals surface area contributed by atoms with Crippen LogP contribution in [0.15, 0.2) is 88.4 Å². The zero-order valence-corrected chi connectivity index (χ0v) is 17.8. The first-order valence-electron chi connectivity index (χ1n) is 9.25. The van der Waals surface area contributed by atoms with Crippen LogP contribution in [0.2, 0.25) is 0 Å². The second-order valence-corrected chi connectivity index (χ2v) is 8.20. The van der Waals surface area contributed by atoms with E-state index in [0.717, 1.165) is 28.1 Å². The molecule has 0 spiro atoms. The molecule has 0 aliphatic carbocycles. The highest BCUT2D eigenvalue weighted by Gasteiger charge is 2.13. The first-order valence-corrected chi connectivity index (χ1v) is 10.7. The Morgan fingerprint density at radius 3 is 2.03 bits per heavy atom. The molecule has 0 saturated heterocycles. The molecule has 4 rings (SSSR count). The van der Waals surface area contributed by atoms with Crippen LogP contribution in [0.1, 0.15) is 11.3 Å². The summed E-state index contributed by atoms with van der Waals surface area (Å²) in [4.78, 5) is 4.33. The van der Waals surface area contributed by atoms with Crippen LogP contribution in [0, 0.1) is 13.8 Å². The molecule has 0 bridgehead atoms. The van der Waals surface area contributed by atoms with E-state index in [1.54, 1.807) is 12.1 Å². The van der Waals surface area contributed by atoms with Crippen molar-refractivity contribution >= 4 is 10.1 Å². The molecule has 0 N–H and O–H groups in total. The van der Waals surface area contributed by atoms with Crippen LogP contribution in [0.4, 0.5) is 0 Å². The van der Waals surface area contributed by atoms with E-state index in [9.17, 15) is 13.0 Å². The molecule has 2 aromatic heterocycles. The highest BCUT2D eigenvalue weighted by atomic mass is 32.2. The lowest BCUT2D eigenvalue weighted by Crippen LogP contribution is -2.25. The number of hydrogen-bond donors (Lipinski definition) is 0. The second-order valence-electron chi connectivity index (χ2n) is 6.82. The Morgan fingerprint density at radius 1 is 0.867 bits per heavy atom. The first-order chi connectivity index (χ1) is 14.2. The number of hydrogen-bond acceptors (Lipinski definition) is 5. The molecule has 0 amide bonds. The Bertz CT molecular complexity index is 1210. The zero-order valence-electron chi connectivity index (χ0n) is 16.9. The minimum absolute atomic E-state index is 0.178. The van der Waals surface area contributed by atoms with E-state index in [1.807, 2.05) is 80.3 Å². The smallest absolute Gasteiger partial charge is 0.227 e. The molecule has 0 unspecified atom stereocenters. The van der Waals surface area contributed by atoms with Crippen LogP contribution >= 0.6 is 0 Å². The number of pyridine rings is 1. The predicted octanol–water partition coefficient (Wildman–Crippen LogP) is 4.04. The lowest BCUT2D eigenvalue weighted by Gasteiger charge is -2.05. The van der Waals surface area contributed by atoms with Crippen LogP contribution in [-0.2, 0) is 17.2 Å². The molecule has 30 heavy (non-hydrogen) atoms. The quantitative estimate of drug-likeness (QED) is 0.367. The van der Waals surface area contributed by atoms with Gasteiger partial charge in [-0.25, -0.2) is 18.0 Å². The van der Waals surface area contributed by atoms with Gasteiger partial charge in [-0.15, -0.1) is 0 Å². The van der Waals surface area contributed by atoms with Crippen molar-refractivity contribution in [2.45, 2.75) is 18.7 Å². The lowest BCUT2D eigenvalue weighted by molar-refractivity contribution is -0.671. The number of nitrogens with zero attached hydrogens (tertiary/aromatic N) is 2. The Morgan fingerprint density at radius 2 is 1.47 bits per heavy atom. The van der Waals surface area contributed by atoms with E-state index >= 15 is 0 Å². The summed E-state index contributed by atoms with van der Waals surface area (Å²) in [6.07, 6.45) is 3.97. The highest BCUT2D eigenvalue weighted by Crippen LogP contribution is 2.28. The molecule has 0 fully saturated rings. The number of aromatic nitrogens is 2. The maximum atomic E-state index is 10.4. The van der Waals surface area contributed by atoms with Crippen molar-refractivity contribution < 1.29 is 22.0 Å². The summed E-state index contributed by atoms with van der Waals surface area (Å²) >= 11 is 0. The summed E-state index contributed by atoms with van der Waals surface area (Å²) in [5, 5.41) is 0. The van der Waals surface area contributed by atoms with Crippen molar-refractivity contribution in [3.05, 3.63) is 90.4 Å². The topological polar surface area (TPSA) is 87.1 Å². The summed E-state index contributed by atoms with van der Waals surface area (Å²) in [5.74, 6) is 1.50. The minimum atomic E-state index is -4.27. The van der Waals surface area contributed by atoms with Crippen molar-refractivity contribution in [3.63, 3.8) is 0 Å². The van der Waals surface area contributed by atoms with Gasteiger partial charge in [-0.2, -0.15) is 0 Å². The van der Waals surface area contributed by atoms with Crippen molar-refractivity contribution in [2.75, 3.05) is 0 Å². The summed E-state index contributed by atoms with van der Waals surface area (Å²) in [6, 6.07) is 19.8. The molecule has 0 atom stereocenters. The molecular weight excluding hydrogens is 400 g/mol. The fourth-order valence-corrected chi connectivity index (χ4v) is 3.20. The number of rotatable bonds is 3. The molecule has 7 heteroatoms. The van der Waals surface area contributed by atoms with E-state index in [1.165, 1.54) is 12.1 Å². The van der Waals surface area contributed by atoms with Crippen molar-refractivity contribution in [2.24, 2.45) is 7.05 Å². The summed E-state index contributed by atoms with van der Waals surface area (Å²) in [5.41, 5.74) is 3.88. The van der Waals surface area contributed by atoms with E-state index in [2.05, 4.69) is 4.98 Å². The van der Waals surface area contributed by atoms with Crippen LogP contribution in [0.25, 0.3) is 22.8 Å². The molecule has 4 aromatic rings. The molecule has 6 nitrogen and oxygen atoms in total. The van der Waals surface area contributed by atoms with Gasteiger partial charge in [0.15, 0.2) is 18.2 Å². The van der Waals surface area contributed by atoms with Gasteiger partial charge in [0.25, 0.3) is 0 Å². The van der Waals surface area contributed by atoms with Gasteiger partial charge in [-0.3, -0.25) is 0 Å². The van der Waals surface area contributed by atoms with Gasteiger partial charge in [-0.05, 0) is 26.0 Å². The third-order valence-corrected chi connectivity index (χ3v) is 5.22. The van der Waals surface area contributed by atoms with Gasteiger partial charge in [0.05, 0.1) is 10.6 Å². The molecule has 2 heterocycles. The van der Waals surface area contributed by atoms with E-state index in [4.69, 9.17) is 4.42 Å². The van der Waals surface area contributed by atoms with E-state index in [0.29, 0.717) is 5.89 Å². The lowest BCUT2D eigenvalue weighted by atomic mass is 10.1. The predicted molar refractivity (Wildman–Crippen MR) is 112 cm³/mol. The van der Waals surface area contributed by atoms with Gasteiger partial charge >= 0.3 is 0 Å². The molecule has 0 radical (unpaired) electrons. The summed E-state index contributed by atoms with van der Waals surface area (Å²) in [7, 11) is -2.28. The normalized spacial score (nSPS) is 10.9. The van der Waals surface area contributed by atoms with Crippen LogP contribution in [0.5, 0.6) is 0 Å². The Kier molecular flexibility index (Phi) is 6.44. The largest absolute Gasteiger partial charge is 0.744 e. The van der Waals surface area contributed by atoms with Crippen LogP contribution < -0.4 is 4.57 Å². The monoisotopic (exact) mass is 422 g/mol. The van der Waals surface area contributed by atoms with E-state index < -0.39 is 10.1 Å². The third kappa shape index (κ3) is 5.40. The van der Waals surface area contributed by atoms with Gasteiger partial charge < -0.3 is 8.97 Å². The van der Waals surface area contributed by atoms with Crippen molar-refractivity contribution in [1.29, 1.82) is 0 Å². The number of oxazole rings is 1.